The third-order valence-electron chi connectivity index (χ3n) is 6.25. The van der Waals surface area contributed by atoms with Gasteiger partial charge in [0.1, 0.15) is 5.75 Å². The fraction of sp³-hybridized carbons (Fsp3) is 0.310. The zero-order valence-electron chi connectivity index (χ0n) is 22.0. The van der Waals surface area contributed by atoms with Crippen molar-refractivity contribution in [3.63, 3.8) is 0 Å². The van der Waals surface area contributed by atoms with Gasteiger partial charge in [-0.3, -0.25) is 19.2 Å². The Morgan fingerprint density at radius 1 is 0.675 bits per heavy atom. The molecule has 0 amide bonds. The molecule has 0 spiro atoms. The summed E-state index contributed by atoms with van der Waals surface area (Å²) in [6.45, 7) is 0.389. The fourth-order valence-corrected chi connectivity index (χ4v) is 6.31. The molecule has 4 rings (SSSR count). The van der Waals surface area contributed by atoms with Gasteiger partial charge in [0, 0.05) is 28.3 Å². The molecular weight excluding hydrogens is 556 g/mol. The van der Waals surface area contributed by atoms with Gasteiger partial charge in [0.2, 0.25) is 0 Å². The SMILES string of the molecule is COc1cc2sc(C(=O)CCC(=O)O)cc2cc1CCCOc1cc2cc(C(=O)CCC(=O)O)sc2cc1OC. The van der Waals surface area contributed by atoms with Gasteiger partial charge in [-0.05, 0) is 59.5 Å². The lowest BCUT2D eigenvalue weighted by molar-refractivity contribution is -0.137. The number of benzene rings is 2. The van der Waals surface area contributed by atoms with Crippen molar-refractivity contribution in [3.8, 4) is 17.2 Å². The molecule has 40 heavy (non-hydrogen) atoms. The summed E-state index contributed by atoms with van der Waals surface area (Å²) in [6.07, 6.45) is 0.833. The van der Waals surface area contributed by atoms with Crippen molar-refractivity contribution >= 4 is 66.4 Å². The maximum Gasteiger partial charge on any atom is 0.303 e. The highest BCUT2D eigenvalue weighted by Crippen LogP contribution is 2.38. The van der Waals surface area contributed by atoms with E-state index in [9.17, 15) is 19.2 Å². The van der Waals surface area contributed by atoms with Gasteiger partial charge in [-0.1, -0.05) is 0 Å². The van der Waals surface area contributed by atoms with Crippen molar-refractivity contribution in [2.45, 2.75) is 38.5 Å². The van der Waals surface area contributed by atoms with E-state index in [1.54, 1.807) is 26.4 Å². The van der Waals surface area contributed by atoms with Gasteiger partial charge in [0.15, 0.2) is 23.1 Å². The summed E-state index contributed by atoms with van der Waals surface area (Å²) in [6, 6.07) is 11.1. The van der Waals surface area contributed by atoms with Crippen molar-refractivity contribution in [1.82, 2.24) is 0 Å². The van der Waals surface area contributed by atoms with Gasteiger partial charge < -0.3 is 24.4 Å². The van der Waals surface area contributed by atoms with E-state index < -0.39 is 11.9 Å². The zero-order valence-corrected chi connectivity index (χ0v) is 23.6. The molecule has 0 bridgehead atoms. The van der Waals surface area contributed by atoms with E-state index in [2.05, 4.69) is 0 Å². The summed E-state index contributed by atoms with van der Waals surface area (Å²) >= 11 is 2.62. The number of thiophene rings is 2. The summed E-state index contributed by atoms with van der Waals surface area (Å²) in [4.78, 5) is 47.4. The third kappa shape index (κ3) is 6.97. The molecule has 11 heteroatoms. The molecule has 0 aliphatic carbocycles. The Bertz CT molecular complexity index is 1460. The first-order valence-electron chi connectivity index (χ1n) is 12.5. The molecule has 0 atom stereocenters. The summed E-state index contributed by atoms with van der Waals surface area (Å²) < 4.78 is 18.8. The maximum atomic E-state index is 12.4. The molecule has 0 radical (unpaired) electrons. The minimum atomic E-state index is -1.01. The van der Waals surface area contributed by atoms with Crippen LogP contribution in [0.4, 0.5) is 0 Å². The molecule has 0 unspecified atom stereocenters. The molecule has 0 aliphatic heterocycles. The first-order valence-corrected chi connectivity index (χ1v) is 14.2. The molecule has 0 saturated heterocycles. The molecule has 2 aromatic heterocycles. The molecule has 0 fully saturated rings. The molecule has 2 N–H and O–H groups in total. The summed E-state index contributed by atoms with van der Waals surface area (Å²) in [5, 5.41) is 19.4. The monoisotopic (exact) mass is 584 g/mol. The van der Waals surface area contributed by atoms with Crippen molar-refractivity contribution in [2.24, 2.45) is 0 Å². The average Bonchev–Trinajstić information content (AvgIpc) is 3.55. The van der Waals surface area contributed by atoms with Crippen LogP contribution in [0.5, 0.6) is 17.2 Å². The number of aliphatic carboxylic acids is 2. The Labute approximate surface area is 237 Å². The van der Waals surface area contributed by atoms with Crippen LogP contribution in [0, 0.1) is 0 Å². The van der Waals surface area contributed by atoms with E-state index in [1.165, 1.54) is 22.7 Å². The summed E-state index contributed by atoms with van der Waals surface area (Å²) in [5.74, 6) is -0.618. The van der Waals surface area contributed by atoms with Crippen molar-refractivity contribution < 1.29 is 43.6 Å². The number of carboxylic acid groups (broad SMARTS) is 2. The van der Waals surface area contributed by atoms with Crippen LogP contribution < -0.4 is 14.2 Å². The standard InChI is InChI=1S/C29H28O9S2/c1-36-21-14-24-17(12-26(39-24)19(30)5-7-28(32)33)10-16(21)4-3-9-38-23-11-18-13-27(20(31)6-8-29(34)35)40-25(18)15-22(23)37-2/h10-15H,3-9H2,1-2H3,(H,32,33)(H,34,35). The van der Waals surface area contributed by atoms with Crippen LogP contribution >= 0.6 is 22.7 Å². The molecular formula is C29H28O9S2. The Morgan fingerprint density at radius 2 is 1.20 bits per heavy atom. The second-order valence-corrected chi connectivity index (χ2v) is 11.2. The van der Waals surface area contributed by atoms with E-state index in [0.717, 1.165) is 25.7 Å². The normalized spacial score (nSPS) is 11.1. The number of methoxy groups -OCH3 is 2. The maximum absolute atomic E-state index is 12.4. The first-order chi connectivity index (χ1) is 19.2. The molecule has 210 valence electrons. The van der Waals surface area contributed by atoms with E-state index in [1.807, 2.05) is 24.3 Å². The summed E-state index contributed by atoms with van der Waals surface area (Å²) in [7, 11) is 3.14. The van der Waals surface area contributed by atoms with Crippen molar-refractivity contribution in [1.29, 1.82) is 0 Å². The van der Waals surface area contributed by atoms with Crippen LogP contribution in [0.1, 0.15) is 57.0 Å². The smallest absolute Gasteiger partial charge is 0.303 e. The van der Waals surface area contributed by atoms with Crippen LogP contribution in [-0.4, -0.2) is 54.5 Å². The first kappa shape index (κ1) is 29.0. The van der Waals surface area contributed by atoms with Crippen LogP contribution in [-0.2, 0) is 16.0 Å². The van der Waals surface area contributed by atoms with E-state index in [-0.39, 0.29) is 37.2 Å². The number of carboxylic acids is 2. The number of carbonyl (C=O) groups excluding carboxylic acids is 2. The Hall–Kier alpha value is -3.96. The molecule has 9 nitrogen and oxygen atoms in total. The minimum absolute atomic E-state index is 0.0353. The molecule has 0 saturated carbocycles. The number of fused-ring (bicyclic) bond motifs is 2. The Balaban J connectivity index is 1.42. The molecule has 2 aromatic carbocycles. The Morgan fingerprint density at radius 3 is 1.73 bits per heavy atom. The van der Waals surface area contributed by atoms with E-state index in [0.29, 0.717) is 46.5 Å². The number of rotatable bonds is 15. The number of hydrogen-bond donors (Lipinski definition) is 2. The van der Waals surface area contributed by atoms with Gasteiger partial charge >= 0.3 is 11.9 Å². The van der Waals surface area contributed by atoms with Crippen LogP contribution in [0.15, 0.2) is 36.4 Å². The second kappa shape index (κ2) is 12.9. The van der Waals surface area contributed by atoms with Gasteiger partial charge in [0.25, 0.3) is 0 Å². The number of hydrogen-bond acceptors (Lipinski definition) is 9. The topological polar surface area (TPSA) is 136 Å². The lowest BCUT2D eigenvalue weighted by Crippen LogP contribution is -2.02. The lowest BCUT2D eigenvalue weighted by Gasteiger charge is -2.12. The van der Waals surface area contributed by atoms with Gasteiger partial charge in [-0.25, -0.2) is 0 Å². The Kier molecular flexibility index (Phi) is 9.38. The highest BCUT2D eigenvalue weighted by molar-refractivity contribution is 7.21. The number of aryl methyl sites for hydroxylation is 1. The largest absolute Gasteiger partial charge is 0.496 e. The lowest BCUT2D eigenvalue weighted by atomic mass is 10.1. The van der Waals surface area contributed by atoms with Gasteiger partial charge in [0.05, 0.1) is 43.4 Å². The quantitative estimate of drug-likeness (QED) is 0.123. The van der Waals surface area contributed by atoms with E-state index in [4.69, 9.17) is 24.4 Å². The fourth-order valence-electron chi connectivity index (χ4n) is 4.23. The van der Waals surface area contributed by atoms with Crippen LogP contribution in [0.25, 0.3) is 20.2 Å². The molecule has 4 aromatic rings. The van der Waals surface area contributed by atoms with Crippen molar-refractivity contribution in [3.05, 3.63) is 51.7 Å². The van der Waals surface area contributed by atoms with Gasteiger partial charge in [-0.15, -0.1) is 22.7 Å². The van der Waals surface area contributed by atoms with E-state index >= 15 is 0 Å². The van der Waals surface area contributed by atoms with Crippen molar-refractivity contribution in [2.75, 3.05) is 20.8 Å². The highest BCUT2D eigenvalue weighted by atomic mass is 32.1. The predicted octanol–water partition coefficient (Wildman–Crippen LogP) is 6.24. The average molecular weight is 585 g/mol. The number of Topliss-reactive ketones (excluding diaryl/α,β-unsaturated/α-hetero) is 2. The summed E-state index contributed by atoms with van der Waals surface area (Å²) in [5.41, 5.74) is 0.964. The highest BCUT2D eigenvalue weighted by Gasteiger charge is 2.17. The molecule has 2 heterocycles. The van der Waals surface area contributed by atoms with Crippen LogP contribution in [0.3, 0.4) is 0 Å². The minimum Gasteiger partial charge on any atom is -0.496 e. The predicted molar refractivity (Wildman–Crippen MR) is 153 cm³/mol. The number of ether oxygens (including phenoxy) is 3. The molecule has 0 aliphatic rings. The second-order valence-electron chi connectivity index (χ2n) is 9.05. The zero-order chi connectivity index (χ0) is 28.8. The third-order valence-corrected chi connectivity index (χ3v) is 8.53. The van der Waals surface area contributed by atoms with Crippen LogP contribution in [0.2, 0.25) is 0 Å². The number of carbonyl (C=O) groups is 4. The number of ketones is 2. The van der Waals surface area contributed by atoms with Gasteiger partial charge in [-0.2, -0.15) is 0 Å².